The lowest BCUT2D eigenvalue weighted by molar-refractivity contribution is -0.145. The summed E-state index contributed by atoms with van der Waals surface area (Å²) in [4.78, 5) is 11.6. The van der Waals surface area contributed by atoms with Crippen LogP contribution in [0.15, 0.2) is 29.7 Å². The maximum atomic E-state index is 12.8. The van der Waals surface area contributed by atoms with Crippen molar-refractivity contribution in [2.75, 3.05) is 5.75 Å². The molecule has 1 atom stereocenters. The van der Waals surface area contributed by atoms with Crippen molar-refractivity contribution in [2.45, 2.75) is 13.0 Å². The van der Waals surface area contributed by atoms with Gasteiger partial charge in [0.25, 0.3) is 0 Å². The topological polar surface area (TPSA) is 60.4 Å². The first-order valence-corrected chi connectivity index (χ1v) is 7.95. The Hall–Kier alpha value is -1.40. The summed E-state index contributed by atoms with van der Waals surface area (Å²) in [5, 5.41) is 1.29. The molecule has 7 heteroatoms. The second-order valence-corrected chi connectivity index (χ2v) is 6.86. The Bertz CT molecular complexity index is 654. The average Bonchev–Trinajstić information content (AvgIpc) is 2.67. The fourth-order valence-electron chi connectivity index (χ4n) is 1.84. The zero-order valence-corrected chi connectivity index (χ0v) is 12.0. The highest BCUT2D eigenvalue weighted by atomic mass is 35.5. The molecule has 0 aliphatic carbocycles. The summed E-state index contributed by atoms with van der Waals surface area (Å²) in [5.74, 6) is -1.40. The third-order valence-corrected chi connectivity index (χ3v) is 4.65. The zero-order valence-electron chi connectivity index (χ0n) is 10.4. The molecule has 1 aliphatic heterocycles. The molecule has 0 radical (unpaired) electrons. The highest BCUT2D eigenvalue weighted by molar-refractivity contribution is 7.94. The second-order valence-electron chi connectivity index (χ2n) is 4.52. The predicted octanol–water partition coefficient (Wildman–Crippen LogP) is 2.47. The molecule has 0 saturated carbocycles. The minimum atomic E-state index is -3.17. The molecular weight excluding hydrogens is 307 g/mol. The van der Waals surface area contributed by atoms with Gasteiger partial charge in [-0.1, -0.05) is 23.7 Å². The number of carbonyl (C=O) groups is 1. The first-order valence-electron chi connectivity index (χ1n) is 5.86. The van der Waals surface area contributed by atoms with E-state index in [4.69, 9.17) is 16.3 Å². The normalized spacial score (nSPS) is 20.0. The van der Waals surface area contributed by atoms with E-state index in [2.05, 4.69) is 0 Å². The van der Waals surface area contributed by atoms with Gasteiger partial charge in [0, 0.05) is 16.9 Å². The molecule has 1 aliphatic rings. The van der Waals surface area contributed by atoms with Crippen molar-refractivity contribution in [3.05, 3.63) is 46.1 Å². The van der Waals surface area contributed by atoms with E-state index >= 15 is 0 Å². The van der Waals surface area contributed by atoms with Gasteiger partial charge in [0.1, 0.15) is 12.4 Å². The van der Waals surface area contributed by atoms with Crippen molar-refractivity contribution in [3.8, 4) is 0 Å². The first-order chi connectivity index (χ1) is 9.35. The van der Waals surface area contributed by atoms with Crippen LogP contribution in [0.1, 0.15) is 12.0 Å². The lowest BCUT2D eigenvalue weighted by Crippen LogP contribution is -2.13. The van der Waals surface area contributed by atoms with Crippen LogP contribution in [-0.2, 0) is 26.0 Å². The largest absolute Gasteiger partial charge is 0.461 e. The van der Waals surface area contributed by atoms with E-state index in [0.29, 0.717) is 5.56 Å². The van der Waals surface area contributed by atoms with Crippen LogP contribution in [0.5, 0.6) is 0 Å². The van der Waals surface area contributed by atoms with Crippen molar-refractivity contribution in [2.24, 2.45) is 5.92 Å². The zero-order chi connectivity index (χ0) is 14.8. The number of carbonyl (C=O) groups excluding carboxylic acids is 1. The van der Waals surface area contributed by atoms with Gasteiger partial charge >= 0.3 is 5.97 Å². The molecular formula is C13H12ClFO4S. The third kappa shape index (κ3) is 4.05. The number of ether oxygens (including phenoxy) is 1. The molecule has 1 heterocycles. The molecule has 1 aromatic rings. The van der Waals surface area contributed by atoms with Gasteiger partial charge in [0.2, 0.25) is 0 Å². The van der Waals surface area contributed by atoms with Crippen LogP contribution < -0.4 is 0 Å². The highest BCUT2D eigenvalue weighted by Gasteiger charge is 2.24. The number of benzene rings is 1. The van der Waals surface area contributed by atoms with Gasteiger partial charge in [0.05, 0.1) is 17.2 Å². The summed E-state index contributed by atoms with van der Waals surface area (Å²) in [7, 11) is -3.17. The van der Waals surface area contributed by atoms with Crippen LogP contribution in [-0.4, -0.2) is 20.1 Å². The molecule has 0 amide bonds. The summed E-state index contributed by atoms with van der Waals surface area (Å²) in [6.07, 6.45) is 1.48. The summed E-state index contributed by atoms with van der Waals surface area (Å²) in [6.45, 7) is -0.0683. The molecule has 20 heavy (non-hydrogen) atoms. The van der Waals surface area contributed by atoms with Crippen molar-refractivity contribution < 1.29 is 22.3 Å². The third-order valence-electron chi connectivity index (χ3n) is 2.84. The van der Waals surface area contributed by atoms with Crippen molar-refractivity contribution in [1.29, 1.82) is 0 Å². The minimum Gasteiger partial charge on any atom is -0.461 e. The summed E-state index contributed by atoms with van der Waals surface area (Å²) < 4.78 is 40.2. The van der Waals surface area contributed by atoms with E-state index in [1.54, 1.807) is 0 Å². The highest BCUT2D eigenvalue weighted by Crippen LogP contribution is 2.21. The quantitative estimate of drug-likeness (QED) is 0.800. The number of halogens is 2. The average molecular weight is 319 g/mol. The molecule has 0 spiro atoms. The van der Waals surface area contributed by atoms with Crippen LogP contribution >= 0.6 is 11.6 Å². The van der Waals surface area contributed by atoms with Crippen LogP contribution in [0.3, 0.4) is 0 Å². The number of esters is 1. The smallest absolute Gasteiger partial charge is 0.306 e. The van der Waals surface area contributed by atoms with Crippen molar-refractivity contribution in [3.63, 3.8) is 0 Å². The first kappa shape index (κ1) is 15.0. The molecule has 108 valence electrons. The lowest BCUT2D eigenvalue weighted by atomic mass is 10.1. The molecule has 0 saturated heterocycles. The molecule has 2 rings (SSSR count). The van der Waals surface area contributed by atoms with Crippen molar-refractivity contribution >= 4 is 27.4 Å². The monoisotopic (exact) mass is 318 g/mol. The number of hydrogen-bond donors (Lipinski definition) is 0. The molecule has 4 nitrogen and oxygen atoms in total. The van der Waals surface area contributed by atoms with E-state index in [-0.39, 0.29) is 29.7 Å². The van der Waals surface area contributed by atoms with Gasteiger partial charge < -0.3 is 4.74 Å². The minimum absolute atomic E-state index is 0.00541. The van der Waals surface area contributed by atoms with Crippen molar-refractivity contribution in [1.82, 2.24) is 0 Å². The Kier molecular flexibility index (Phi) is 4.45. The maximum absolute atomic E-state index is 12.8. The Morgan fingerprint density at radius 1 is 1.45 bits per heavy atom. The molecule has 0 aromatic heterocycles. The molecule has 0 N–H and O–H groups in total. The second kappa shape index (κ2) is 5.93. The fraction of sp³-hybridized carbons (Fsp3) is 0.308. The van der Waals surface area contributed by atoms with Crippen LogP contribution in [0.2, 0.25) is 5.02 Å². The Morgan fingerprint density at radius 3 is 2.80 bits per heavy atom. The van der Waals surface area contributed by atoms with Crippen LogP contribution in [0.4, 0.5) is 4.39 Å². The van der Waals surface area contributed by atoms with Gasteiger partial charge in [-0.25, -0.2) is 12.8 Å². The Balaban J connectivity index is 1.85. The predicted molar refractivity (Wildman–Crippen MR) is 72.2 cm³/mol. The molecule has 1 unspecified atom stereocenters. The van der Waals surface area contributed by atoms with E-state index < -0.39 is 21.6 Å². The Morgan fingerprint density at radius 2 is 2.20 bits per heavy atom. The van der Waals surface area contributed by atoms with E-state index in [1.165, 1.54) is 18.2 Å². The van der Waals surface area contributed by atoms with E-state index in [1.807, 2.05) is 0 Å². The van der Waals surface area contributed by atoms with E-state index in [9.17, 15) is 17.6 Å². The number of sulfone groups is 1. The molecule has 0 bridgehead atoms. The number of rotatable bonds is 4. The fourth-order valence-corrected chi connectivity index (χ4v) is 3.46. The standard InChI is InChI=1S/C13H12ClFO4S/c14-12-6-11(15)2-1-10(12)7-19-13(16)5-9-3-4-20(17,18)8-9/h1-4,6,9H,5,7-8H2. The van der Waals surface area contributed by atoms with Gasteiger partial charge in [-0.2, -0.15) is 0 Å². The summed E-state index contributed by atoms with van der Waals surface area (Å²) in [5.41, 5.74) is 0.496. The number of allylic oxidation sites excluding steroid dienone is 1. The lowest BCUT2D eigenvalue weighted by Gasteiger charge is -2.08. The number of hydrogen-bond acceptors (Lipinski definition) is 4. The SMILES string of the molecule is O=C(CC1C=CS(=O)(=O)C1)OCc1ccc(F)cc1Cl. The Labute approximate surface area is 121 Å². The van der Waals surface area contributed by atoms with E-state index in [0.717, 1.165) is 11.5 Å². The molecule has 1 aromatic carbocycles. The van der Waals surface area contributed by atoms with Crippen LogP contribution in [0.25, 0.3) is 0 Å². The summed E-state index contributed by atoms with van der Waals surface area (Å²) in [6, 6.07) is 3.79. The summed E-state index contributed by atoms with van der Waals surface area (Å²) >= 11 is 5.80. The van der Waals surface area contributed by atoms with Crippen LogP contribution in [0, 0.1) is 11.7 Å². The maximum Gasteiger partial charge on any atom is 0.306 e. The van der Waals surface area contributed by atoms with Gasteiger partial charge in [-0.15, -0.1) is 0 Å². The van der Waals surface area contributed by atoms with Gasteiger partial charge in [0.15, 0.2) is 9.84 Å². The van der Waals surface area contributed by atoms with Gasteiger partial charge in [-0.05, 0) is 12.1 Å². The molecule has 0 fully saturated rings. The van der Waals surface area contributed by atoms with Gasteiger partial charge in [-0.3, -0.25) is 4.79 Å².